The first-order valence-electron chi connectivity index (χ1n) is 0. The molecule has 0 aromatic heterocycles. The van der Waals surface area contributed by atoms with Crippen molar-refractivity contribution in [3.8, 4) is 0 Å². The molecule has 0 saturated heterocycles. The summed E-state index contributed by atoms with van der Waals surface area (Å²) in [7, 11) is 0. The minimum absolute atomic E-state index is 0. The fourth-order valence-electron chi connectivity index (χ4n) is 0. The van der Waals surface area contributed by atoms with E-state index in [1.807, 2.05) is 0 Å². The second-order valence-electron chi connectivity index (χ2n) is 0. The molecule has 0 fully saturated rings. The molecule has 3 radical (unpaired) electrons. The summed E-state index contributed by atoms with van der Waals surface area (Å²) in [5.74, 6) is 0. The average Bonchev–Trinajstić information content (AvgIpc) is 0. The zero-order chi connectivity index (χ0) is 0. The van der Waals surface area contributed by atoms with Crippen molar-refractivity contribution in [2.24, 2.45) is 0 Å². The molecule has 0 nitrogen and oxygen atoms in total. The first kappa shape index (κ1) is 37.3. The van der Waals surface area contributed by atoms with Gasteiger partial charge in [0.2, 0.25) is 0 Å². The van der Waals surface area contributed by atoms with E-state index in [9.17, 15) is 0 Å². The van der Waals surface area contributed by atoms with Crippen molar-refractivity contribution in [2.75, 3.05) is 0 Å². The van der Waals surface area contributed by atoms with E-state index in [1.54, 1.807) is 0 Å². The normalized spacial score (nSPS) is 0. The molecule has 4 heavy (non-hydrogen) atoms. The van der Waals surface area contributed by atoms with Gasteiger partial charge in [-0.2, -0.15) is 0 Å². The molecule has 29 valence electrons. The first-order chi connectivity index (χ1) is 0. The summed E-state index contributed by atoms with van der Waals surface area (Å²) < 4.78 is 0. The molecule has 0 N–H and O–H groups in total. The molecule has 0 aromatic carbocycles. The van der Waals surface area contributed by atoms with Crippen molar-refractivity contribution in [3.63, 3.8) is 0 Å². The fourth-order valence-corrected chi connectivity index (χ4v) is 0. The molecule has 0 aliphatic rings. The van der Waals surface area contributed by atoms with Crippen LogP contribution in [0.4, 0.5) is 0 Å². The van der Waals surface area contributed by atoms with Crippen LogP contribution in [-0.2, 0) is 66.8 Å². The molecular weight excluding hydrogens is 235 g/mol. The predicted molar refractivity (Wildman–Crippen MR) is 0 cm³/mol. The Labute approximate surface area is 66.4 Å². The number of rotatable bonds is 0. The fraction of sp³-hybridized carbons (Fsp3) is 0. The van der Waals surface area contributed by atoms with Gasteiger partial charge in [0.05, 0.1) is 0 Å². The van der Waals surface area contributed by atoms with E-state index in [1.165, 1.54) is 0 Å². The maximum atomic E-state index is 0. The second-order valence-corrected chi connectivity index (χ2v) is 0. The molecule has 0 heterocycles. The van der Waals surface area contributed by atoms with Crippen molar-refractivity contribution in [1.29, 1.82) is 0 Å². The minimum Gasteiger partial charge on any atom is 2.00 e. The summed E-state index contributed by atoms with van der Waals surface area (Å²) in [6, 6.07) is 0. The van der Waals surface area contributed by atoms with Gasteiger partial charge in [-0.3, -0.25) is 0 Å². The molecule has 0 atom stereocenters. The van der Waals surface area contributed by atoms with E-state index in [4.69, 9.17) is 0 Å². The van der Waals surface area contributed by atoms with Crippen molar-refractivity contribution in [3.05, 3.63) is 0 Å². The van der Waals surface area contributed by atoms with Crippen LogP contribution in [0.2, 0.25) is 0 Å². The average molecular weight is 235 g/mol. The molecule has 4 heteroatoms. The van der Waals surface area contributed by atoms with Crippen LogP contribution in [0.25, 0.3) is 0 Å². The Bertz CT molecular complexity index is 3.25. The topological polar surface area (TPSA) is 0 Å². The van der Waals surface area contributed by atoms with E-state index in [-0.39, 0.29) is 66.8 Å². The Morgan fingerprint density at radius 2 is 0.500 bits per heavy atom. The maximum absolute atomic E-state index is 0. The summed E-state index contributed by atoms with van der Waals surface area (Å²) in [5, 5.41) is 0. The van der Waals surface area contributed by atoms with Gasteiger partial charge in [0.1, 0.15) is 0 Å². The monoisotopic (exact) mass is 235 g/mol. The number of hydrogen-bond acceptors (Lipinski definition) is 0. The van der Waals surface area contributed by atoms with Gasteiger partial charge in [0.25, 0.3) is 0 Å². The van der Waals surface area contributed by atoms with Gasteiger partial charge in [-0.25, -0.2) is 0 Å². The van der Waals surface area contributed by atoms with E-state index < -0.39 is 0 Å². The first-order valence-corrected chi connectivity index (χ1v) is 0. The zero-order valence-electron chi connectivity index (χ0n) is 1.32. The van der Waals surface area contributed by atoms with Crippen LogP contribution in [0.5, 0.6) is 0 Å². The van der Waals surface area contributed by atoms with Gasteiger partial charge in [0.15, 0.2) is 0 Å². The molecule has 0 bridgehead atoms. The van der Waals surface area contributed by atoms with Gasteiger partial charge >= 0.3 is 66.8 Å². The smallest absolute Gasteiger partial charge is 2.00 e. The van der Waals surface area contributed by atoms with Gasteiger partial charge in [0, 0.05) is 0 Å². The predicted octanol–water partition coefficient (Wildman–Crippen LogP) is -0.0100. The molecule has 0 saturated carbocycles. The van der Waals surface area contributed by atoms with Crippen LogP contribution in [0.1, 0.15) is 0 Å². The van der Waals surface area contributed by atoms with Crippen LogP contribution in [-0.4, -0.2) is 0 Å². The van der Waals surface area contributed by atoms with Crippen molar-refractivity contribution >= 4 is 0 Å². The molecule has 0 spiro atoms. The summed E-state index contributed by atoms with van der Waals surface area (Å²) in [4.78, 5) is 0. The third-order valence-electron chi connectivity index (χ3n) is 0. The standard InChI is InChI=1S/3Co.Ni/q4*+2. The summed E-state index contributed by atoms with van der Waals surface area (Å²) in [6.07, 6.45) is 0. The van der Waals surface area contributed by atoms with Crippen molar-refractivity contribution in [1.82, 2.24) is 0 Å². The Kier molecular flexibility index (Phi) is 186. The molecule has 0 aliphatic carbocycles. The minimum atomic E-state index is 0. The van der Waals surface area contributed by atoms with E-state index in [0.717, 1.165) is 0 Å². The van der Waals surface area contributed by atoms with Crippen LogP contribution < -0.4 is 0 Å². The van der Waals surface area contributed by atoms with Crippen LogP contribution >= 0.6 is 0 Å². The Balaban J connectivity index is 0. The van der Waals surface area contributed by atoms with Gasteiger partial charge in [-0.05, 0) is 0 Å². The van der Waals surface area contributed by atoms with Gasteiger partial charge < -0.3 is 0 Å². The van der Waals surface area contributed by atoms with Crippen LogP contribution in [0.3, 0.4) is 0 Å². The SMILES string of the molecule is [Co+2].[Co+2].[Co+2].[Ni+2]. The maximum Gasteiger partial charge on any atom is 2.00 e. The third-order valence-corrected chi connectivity index (χ3v) is 0. The largest absolute Gasteiger partial charge is 2.00 e. The van der Waals surface area contributed by atoms with Gasteiger partial charge in [-0.15, -0.1) is 0 Å². The van der Waals surface area contributed by atoms with Crippen molar-refractivity contribution in [2.45, 2.75) is 0 Å². The molecule has 0 aliphatic heterocycles. The molecule has 0 aromatic rings. The number of hydrogen-bond donors (Lipinski definition) is 0. The van der Waals surface area contributed by atoms with E-state index in [2.05, 4.69) is 0 Å². The third kappa shape index (κ3) is 8.99. The molecule has 0 amide bonds. The van der Waals surface area contributed by atoms with Crippen molar-refractivity contribution < 1.29 is 66.8 Å². The summed E-state index contributed by atoms with van der Waals surface area (Å²) >= 11 is 0. The summed E-state index contributed by atoms with van der Waals surface area (Å²) in [5.41, 5.74) is 0. The Morgan fingerprint density at radius 1 is 0.500 bits per heavy atom. The quantitative estimate of drug-likeness (QED) is 0.518. The molecular formula is Co3Ni+8. The van der Waals surface area contributed by atoms with E-state index >= 15 is 0 Å². The summed E-state index contributed by atoms with van der Waals surface area (Å²) in [6.45, 7) is 0. The Morgan fingerprint density at radius 3 is 0.500 bits per heavy atom. The second kappa shape index (κ2) is 19.9. The molecule has 0 unspecified atom stereocenters. The van der Waals surface area contributed by atoms with Crippen LogP contribution in [0.15, 0.2) is 0 Å². The zero-order valence-corrected chi connectivity index (χ0v) is 5.43. The molecule has 0 rings (SSSR count). The van der Waals surface area contributed by atoms with E-state index in [0.29, 0.717) is 0 Å². The van der Waals surface area contributed by atoms with Gasteiger partial charge in [-0.1, -0.05) is 0 Å². The van der Waals surface area contributed by atoms with Crippen LogP contribution in [0, 0.1) is 0 Å². The Hall–Kier alpha value is 2.01.